The Hall–Kier alpha value is -1.91. The second-order valence-electron chi connectivity index (χ2n) is 2.77. The first-order chi connectivity index (χ1) is 6.85. The molecule has 0 atom stereocenters. The van der Waals surface area contributed by atoms with Crippen molar-refractivity contribution in [3.05, 3.63) is 18.3 Å². The lowest BCUT2D eigenvalue weighted by Crippen LogP contribution is -2.03. The number of pyridine rings is 1. The summed E-state index contributed by atoms with van der Waals surface area (Å²) in [6.45, 7) is 0. The molecule has 0 aliphatic rings. The number of anilines is 2. The smallest absolute Gasteiger partial charge is 0.180 e. The predicted molar refractivity (Wildman–Crippen MR) is 56.4 cm³/mol. The summed E-state index contributed by atoms with van der Waals surface area (Å²) in [4.78, 5) is 12.8. The molecule has 2 N–H and O–H groups in total. The molecule has 0 fully saturated rings. The van der Waals surface area contributed by atoms with E-state index in [1.54, 1.807) is 13.2 Å². The van der Waals surface area contributed by atoms with Crippen molar-refractivity contribution < 1.29 is 0 Å². The first kappa shape index (κ1) is 8.68. The standard InChI is InChI=1S/C9H11N5/c1-10-8-9(11-2)14-7-6(13-8)4-3-5-12-7/h3-5H,1-2H3,(H,10,13)(H,11,12,14). The number of hydrogen-bond donors (Lipinski definition) is 2. The second-order valence-corrected chi connectivity index (χ2v) is 2.77. The zero-order chi connectivity index (χ0) is 9.97. The molecule has 0 unspecified atom stereocenters. The third-order valence-electron chi connectivity index (χ3n) is 1.91. The van der Waals surface area contributed by atoms with Crippen LogP contribution in [-0.2, 0) is 0 Å². The molecule has 0 bridgehead atoms. The Morgan fingerprint density at radius 3 is 2.50 bits per heavy atom. The van der Waals surface area contributed by atoms with Gasteiger partial charge in [0.1, 0.15) is 5.52 Å². The molecule has 2 rings (SSSR count). The van der Waals surface area contributed by atoms with E-state index in [0.29, 0.717) is 11.5 Å². The number of rotatable bonds is 2. The first-order valence-electron chi connectivity index (χ1n) is 4.33. The number of aromatic nitrogens is 3. The molecular formula is C9H11N5. The fraction of sp³-hybridized carbons (Fsp3) is 0.222. The average molecular weight is 189 g/mol. The number of hydrogen-bond acceptors (Lipinski definition) is 5. The zero-order valence-electron chi connectivity index (χ0n) is 8.07. The molecule has 0 aliphatic carbocycles. The molecular weight excluding hydrogens is 178 g/mol. The van der Waals surface area contributed by atoms with E-state index in [4.69, 9.17) is 0 Å². The highest BCUT2D eigenvalue weighted by molar-refractivity contribution is 5.76. The Morgan fingerprint density at radius 2 is 1.79 bits per heavy atom. The molecule has 72 valence electrons. The van der Waals surface area contributed by atoms with Crippen molar-refractivity contribution in [3.8, 4) is 0 Å². The van der Waals surface area contributed by atoms with Crippen LogP contribution in [0.25, 0.3) is 11.2 Å². The Labute approximate surface area is 81.6 Å². The summed E-state index contributed by atoms with van der Waals surface area (Å²) >= 11 is 0. The SMILES string of the molecule is CNc1nc2cccnc2nc1NC. The monoisotopic (exact) mass is 189 g/mol. The normalized spacial score (nSPS) is 10.1. The van der Waals surface area contributed by atoms with Crippen LogP contribution in [0, 0.1) is 0 Å². The highest BCUT2D eigenvalue weighted by atomic mass is 15.1. The molecule has 0 spiro atoms. The third-order valence-corrected chi connectivity index (χ3v) is 1.91. The Bertz CT molecular complexity index is 411. The largest absolute Gasteiger partial charge is 0.370 e. The van der Waals surface area contributed by atoms with Crippen molar-refractivity contribution in [2.45, 2.75) is 0 Å². The van der Waals surface area contributed by atoms with E-state index < -0.39 is 0 Å². The summed E-state index contributed by atoms with van der Waals surface area (Å²) in [5, 5.41) is 5.94. The van der Waals surface area contributed by atoms with Crippen LogP contribution < -0.4 is 10.6 Å². The first-order valence-corrected chi connectivity index (χ1v) is 4.33. The van der Waals surface area contributed by atoms with Crippen LogP contribution in [0.2, 0.25) is 0 Å². The average Bonchev–Trinajstić information content (AvgIpc) is 2.27. The van der Waals surface area contributed by atoms with Gasteiger partial charge in [0.2, 0.25) is 0 Å². The molecule has 5 nitrogen and oxygen atoms in total. The number of nitrogens with zero attached hydrogens (tertiary/aromatic N) is 3. The Morgan fingerprint density at radius 1 is 1.07 bits per heavy atom. The van der Waals surface area contributed by atoms with Crippen LogP contribution in [0.15, 0.2) is 18.3 Å². The number of nitrogens with one attached hydrogen (secondary N) is 2. The van der Waals surface area contributed by atoms with E-state index in [1.165, 1.54) is 0 Å². The van der Waals surface area contributed by atoms with E-state index in [2.05, 4.69) is 25.6 Å². The fourth-order valence-corrected chi connectivity index (χ4v) is 1.24. The summed E-state index contributed by atoms with van der Waals surface area (Å²) in [5.74, 6) is 1.44. The maximum Gasteiger partial charge on any atom is 0.180 e. The molecule has 14 heavy (non-hydrogen) atoms. The molecule has 0 aliphatic heterocycles. The van der Waals surface area contributed by atoms with Gasteiger partial charge in [0.05, 0.1) is 0 Å². The van der Waals surface area contributed by atoms with Gasteiger partial charge in [-0.25, -0.2) is 15.0 Å². The van der Waals surface area contributed by atoms with Gasteiger partial charge in [-0.05, 0) is 12.1 Å². The van der Waals surface area contributed by atoms with Gasteiger partial charge in [0, 0.05) is 20.3 Å². The molecule has 0 radical (unpaired) electrons. The maximum atomic E-state index is 4.37. The lowest BCUT2D eigenvalue weighted by molar-refractivity contribution is 1.20. The molecule has 2 aromatic rings. The lowest BCUT2D eigenvalue weighted by atomic mass is 10.4. The highest BCUT2D eigenvalue weighted by Gasteiger charge is 2.05. The van der Waals surface area contributed by atoms with Crippen LogP contribution in [-0.4, -0.2) is 29.0 Å². The topological polar surface area (TPSA) is 62.7 Å². The summed E-state index contributed by atoms with van der Waals surface area (Å²) in [5.41, 5.74) is 1.44. The van der Waals surface area contributed by atoms with Crippen LogP contribution in [0.5, 0.6) is 0 Å². The van der Waals surface area contributed by atoms with Crippen molar-refractivity contribution in [2.75, 3.05) is 24.7 Å². The van der Waals surface area contributed by atoms with Gasteiger partial charge >= 0.3 is 0 Å². The van der Waals surface area contributed by atoms with Gasteiger partial charge in [-0.1, -0.05) is 0 Å². The summed E-state index contributed by atoms with van der Waals surface area (Å²) in [6.07, 6.45) is 1.70. The highest BCUT2D eigenvalue weighted by Crippen LogP contribution is 2.18. The van der Waals surface area contributed by atoms with Crippen LogP contribution >= 0.6 is 0 Å². The van der Waals surface area contributed by atoms with E-state index in [0.717, 1.165) is 11.3 Å². The van der Waals surface area contributed by atoms with Gasteiger partial charge in [0.15, 0.2) is 17.3 Å². The fourth-order valence-electron chi connectivity index (χ4n) is 1.24. The van der Waals surface area contributed by atoms with Gasteiger partial charge < -0.3 is 10.6 Å². The van der Waals surface area contributed by atoms with E-state index in [9.17, 15) is 0 Å². The minimum atomic E-state index is 0.649. The van der Waals surface area contributed by atoms with Crippen molar-refractivity contribution in [1.82, 2.24) is 15.0 Å². The van der Waals surface area contributed by atoms with Gasteiger partial charge in [-0.3, -0.25) is 0 Å². The Kier molecular flexibility index (Phi) is 2.14. The van der Waals surface area contributed by atoms with E-state index >= 15 is 0 Å². The van der Waals surface area contributed by atoms with Crippen molar-refractivity contribution in [1.29, 1.82) is 0 Å². The third kappa shape index (κ3) is 1.32. The van der Waals surface area contributed by atoms with E-state index in [-0.39, 0.29) is 0 Å². The molecule has 0 saturated heterocycles. The van der Waals surface area contributed by atoms with E-state index in [1.807, 2.05) is 19.2 Å². The molecule has 0 aromatic carbocycles. The summed E-state index contributed by atoms with van der Waals surface area (Å²) in [7, 11) is 3.62. The quantitative estimate of drug-likeness (QED) is 0.741. The summed E-state index contributed by atoms with van der Waals surface area (Å²) < 4.78 is 0. The van der Waals surface area contributed by atoms with Crippen LogP contribution in [0.4, 0.5) is 11.6 Å². The van der Waals surface area contributed by atoms with Crippen molar-refractivity contribution in [3.63, 3.8) is 0 Å². The van der Waals surface area contributed by atoms with Gasteiger partial charge in [-0.2, -0.15) is 0 Å². The lowest BCUT2D eigenvalue weighted by Gasteiger charge is -2.06. The minimum Gasteiger partial charge on any atom is -0.370 e. The summed E-state index contributed by atoms with van der Waals surface area (Å²) in [6, 6.07) is 3.73. The maximum absolute atomic E-state index is 4.37. The number of fused-ring (bicyclic) bond motifs is 1. The molecule has 5 heteroatoms. The predicted octanol–water partition coefficient (Wildman–Crippen LogP) is 1.11. The Balaban J connectivity index is 2.69. The van der Waals surface area contributed by atoms with Crippen LogP contribution in [0.1, 0.15) is 0 Å². The molecule has 2 heterocycles. The molecule has 0 amide bonds. The van der Waals surface area contributed by atoms with Crippen molar-refractivity contribution in [2.24, 2.45) is 0 Å². The van der Waals surface area contributed by atoms with Crippen molar-refractivity contribution >= 4 is 22.8 Å². The van der Waals surface area contributed by atoms with Crippen LogP contribution in [0.3, 0.4) is 0 Å². The van der Waals surface area contributed by atoms with Gasteiger partial charge in [0.25, 0.3) is 0 Å². The molecule has 0 saturated carbocycles. The molecule has 2 aromatic heterocycles. The zero-order valence-corrected chi connectivity index (χ0v) is 8.07. The minimum absolute atomic E-state index is 0.649. The second kappa shape index (κ2) is 3.45. The van der Waals surface area contributed by atoms with Gasteiger partial charge in [-0.15, -0.1) is 0 Å².